The fourth-order valence-corrected chi connectivity index (χ4v) is 5.20. The summed E-state index contributed by atoms with van der Waals surface area (Å²) < 4.78 is 26.5. The molecule has 2 atom stereocenters. The molecule has 0 aliphatic carbocycles. The van der Waals surface area contributed by atoms with Crippen molar-refractivity contribution in [3.05, 3.63) is 35.9 Å². The van der Waals surface area contributed by atoms with Gasteiger partial charge in [0.2, 0.25) is 10.0 Å². The average Bonchev–Trinajstić information content (AvgIpc) is 2.73. The molecule has 7 heteroatoms. The van der Waals surface area contributed by atoms with Gasteiger partial charge in [-0.2, -0.15) is 0 Å². The quantitative estimate of drug-likeness (QED) is 0.862. The van der Waals surface area contributed by atoms with Crippen molar-refractivity contribution < 1.29 is 13.2 Å². The first-order chi connectivity index (χ1) is 11.1. The molecule has 0 bridgehead atoms. The van der Waals surface area contributed by atoms with Gasteiger partial charge in [0.15, 0.2) is 0 Å². The van der Waals surface area contributed by atoms with E-state index in [1.54, 1.807) is 4.90 Å². The fourth-order valence-electron chi connectivity index (χ4n) is 3.38. The van der Waals surface area contributed by atoms with Crippen molar-refractivity contribution in [2.45, 2.75) is 24.5 Å². The highest BCUT2D eigenvalue weighted by atomic mass is 32.2. The van der Waals surface area contributed by atoms with E-state index >= 15 is 0 Å². The zero-order valence-corrected chi connectivity index (χ0v) is 13.9. The van der Waals surface area contributed by atoms with Crippen LogP contribution < -0.4 is 10.0 Å². The minimum Gasteiger partial charge on any atom is -0.338 e. The van der Waals surface area contributed by atoms with E-state index in [1.807, 2.05) is 30.3 Å². The van der Waals surface area contributed by atoms with Crippen molar-refractivity contribution in [3.8, 4) is 0 Å². The lowest BCUT2D eigenvalue weighted by Crippen LogP contribution is -2.41. The van der Waals surface area contributed by atoms with Gasteiger partial charge in [0.05, 0.1) is 5.25 Å². The molecule has 2 N–H and O–H groups in total. The molecule has 23 heavy (non-hydrogen) atoms. The van der Waals surface area contributed by atoms with Crippen LogP contribution in [0.1, 0.15) is 18.4 Å². The monoisotopic (exact) mass is 337 g/mol. The Balaban J connectivity index is 1.49. The zero-order valence-electron chi connectivity index (χ0n) is 13.1. The second kappa shape index (κ2) is 6.88. The number of nitrogens with zero attached hydrogens (tertiary/aromatic N) is 1. The molecular weight excluding hydrogens is 314 g/mol. The highest BCUT2D eigenvalue weighted by Crippen LogP contribution is 2.28. The number of benzene rings is 1. The van der Waals surface area contributed by atoms with E-state index in [4.69, 9.17) is 0 Å². The number of likely N-dealkylation sites (tertiary alicyclic amines) is 1. The van der Waals surface area contributed by atoms with E-state index in [0.29, 0.717) is 32.6 Å². The molecule has 2 heterocycles. The van der Waals surface area contributed by atoms with Gasteiger partial charge in [0.25, 0.3) is 0 Å². The van der Waals surface area contributed by atoms with Crippen molar-refractivity contribution in [2.24, 2.45) is 5.92 Å². The van der Waals surface area contributed by atoms with Gasteiger partial charge in [-0.05, 0) is 30.7 Å². The number of amides is 2. The molecule has 2 fully saturated rings. The molecule has 0 aromatic heterocycles. The molecule has 0 spiro atoms. The predicted octanol–water partition coefficient (Wildman–Crippen LogP) is 0.952. The Morgan fingerprint density at radius 1 is 1.22 bits per heavy atom. The molecule has 1 aromatic rings. The lowest BCUT2D eigenvalue weighted by atomic mass is 10.0. The molecule has 0 unspecified atom stereocenters. The van der Waals surface area contributed by atoms with Crippen molar-refractivity contribution in [3.63, 3.8) is 0 Å². The van der Waals surface area contributed by atoms with E-state index in [2.05, 4.69) is 10.0 Å². The average molecular weight is 337 g/mol. The smallest absolute Gasteiger partial charge is 0.317 e. The molecule has 0 radical (unpaired) electrons. The summed E-state index contributed by atoms with van der Waals surface area (Å²) in [6.07, 6.45) is 2.05. The van der Waals surface area contributed by atoms with Crippen LogP contribution >= 0.6 is 0 Å². The Kier molecular flexibility index (Phi) is 4.87. The Hall–Kier alpha value is -1.60. The molecule has 2 amide bonds. The normalized spacial score (nSPS) is 26.3. The van der Waals surface area contributed by atoms with Gasteiger partial charge < -0.3 is 10.2 Å². The maximum atomic E-state index is 12.3. The highest BCUT2D eigenvalue weighted by Gasteiger charge is 2.41. The first-order valence-corrected chi connectivity index (χ1v) is 9.66. The summed E-state index contributed by atoms with van der Waals surface area (Å²) in [7, 11) is -3.18. The van der Waals surface area contributed by atoms with Gasteiger partial charge in [-0.3, -0.25) is 0 Å². The first kappa shape index (κ1) is 16.3. The number of urea groups is 1. The zero-order chi connectivity index (χ0) is 16.3. The van der Waals surface area contributed by atoms with E-state index in [1.165, 1.54) is 5.56 Å². The van der Waals surface area contributed by atoms with Crippen LogP contribution in [-0.4, -0.2) is 50.8 Å². The summed E-state index contributed by atoms with van der Waals surface area (Å²) in [5.41, 5.74) is 1.19. The number of carbonyl (C=O) groups excluding carboxylic acids is 1. The fraction of sp³-hybridized carbons (Fsp3) is 0.562. The summed E-state index contributed by atoms with van der Waals surface area (Å²) >= 11 is 0. The first-order valence-electron chi connectivity index (χ1n) is 8.11. The molecule has 2 saturated heterocycles. The lowest BCUT2D eigenvalue weighted by Gasteiger charge is -2.21. The second-order valence-electron chi connectivity index (χ2n) is 6.22. The maximum absolute atomic E-state index is 12.3. The molecule has 0 saturated carbocycles. The molecular formula is C16H23N3O3S. The van der Waals surface area contributed by atoms with Crippen LogP contribution in [-0.2, 0) is 16.4 Å². The van der Waals surface area contributed by atoms with Crippen LogP contribution in [0.5, 0.6) is 0 Å². The standard InChI is InChI=1S/C16H23N3O3S/c20-16(17-9-6-13-4-2-1-3-5-13)19-10-7-14-12-18-23(21,22)15(14)8-11-19/h1-5,14-15,18H,6-12H2,(H,17,20)/t14-,15-/m1/s1. The number of rotatable bonds is 3. The maximum Gasteiger partial charge on any atom is 0.317 e. The Morgan fingerprint density at radius 3 is 2.74 bits per heavy atom. The van der Waals surface area contributed by atoms with Gasteiger partial charge in [-0.1, -0.05) is 30.3 Å². The molecule has 126 valence electrons. The van der Waals surface area contributed by atoms with E-state index in [-0.39, 0.29) is 17.2 Å². The predicted molar refractivity (Wildman–Crippen MR) is 88.6 cm³/mol. The van der Waals surface area contributed by atoms with Crippen LogP contribution in [0.4, 0.5) is 4.79 Å². The lowest BCUT2D eigenvalue weighted by molar-refractivity contribution is 0.199. The number of hydrogen-bond donors (Lipinski definition) is 2. The van der Waals surface area contributed by atoms with E-state index < -0.39 is 10.0 Å². The third-order valence-corrected chi connectivity index (χ3v) is 6.73. The van der Waals surface area contributed by atoms with Crippen molar-refractivity contribution in [1.29, 1.82) is 0 Å². The number of hydrogen-bond acceptors (Lipinski definition) is 3. The number of fused-ring (bicyclic) bond motifs is 1. The van der Waals surface area contributed by atoms with Crippen molar-refractivity contribution in [2.75, 3.05) is 26.2 Å². The third kappa shape index (κ3) is 3.84. The van der Waals surface area contributed by atoms with Gasteiger partial charge in [0, 0.05) is 26.2 Å². The third-order valence-electron chi connectivity index (χ3n) is 4.74. The van der Waals surface area contributed by atoms with Crippen LogP contribution in [0, 0.1) is 5.92 Å². The Bertz CT molecular complexity index is 648. The van der Waals surface area contributed by atoms with E-state index in [0.717, 1.165) is 12.8 Å². The number of carbonyl (C=O) groups is 1. The molecule has 2 aliphatic rings. The van der Waals surface area contributed by atoms with Crippen LogP contribution in [0.25, 0.3) is 0 Å². The summed E-state index contributed by atoms with van der Waals surface area (Å²) in [6, 6.07) is 9.93. The number of sulfonamides is 1. The summed E-state index contributed by atoms with van der Waals surface area (Å²) in [5, 5.41) is 2.59. The second-order valence-corrected chi connectivity index (χ2v) is 8.21. The molecule has 6 nitrogen and oxygen atoms in total. The van der Waals surface area contributed by atoms with Crippen molar-refractivity contribution >= 4 is 16.1 Å². The SMILES string of the molecule is O=C(NCCc1ccccc1)N1CC[C@@H]2CNS(=O)(=O)[C@@H]2CC1. The Labute approximate surface area is 137 Å². The Morgan fingerprint density at radius 2 is 1.96 bits per heavy atom. The molecule has 2 aliphatic heterocycles. The summed E-state index contributed by atoms with van der Waals surface area (Å²) in [5.74, 6) is 0.127. The summed E-state index contributed by atoms with van der Waals surface area (Å²) in [6.45, 7) is 2.22. The molecule has 3 rings (SSSR count). The molecule has 1 aromatic carbocycles. The highest BCUT2D eigenvalue weighted by molar-refractivity contribution is 7.90. The van der Waals surface area contributed by atoms with Crippen LogP contribution in [0.3, 0.4) is 0 Å². The van der Waals surface area contributed by atoms with Gasteiger partial charge in [-0.25, -0.2) is 17.9 Å². The topological polar surface area (TPSA) is 78.5 Å². The van der Waals surface area contributed by atoms with Gasteiger partial charge in [0.1, 0.15) is 0 Å². The van der Waals surface area contributed by atoms with E-state index in [9.17, 15) is 13.2 Å². The van der Waals surface area contributed by atoms with Gasteiger partial charge >= 0.3 is 6.03 Å². The minimum absolute atomic E-state index is 0.0914. The van der Waals surface area contributed by atoms with Crippen molar-refractivity contribution in [1.82, 2.24) is 14.9 Å². The summed E-state index contributed by atoms with van der Waals surface area (Å²) in [4.78, 5) is 14.0. The largest absolute Gasteiger partial charge is 0.338 e. The number of nitrogens with one attached hydrogen (secondary N) is 2. The van der Waals surface area contributed by atoms with Crippen LogP contribution in [0.2, 0.25) is 0 Å². The minimum atomic E-state index is -3.18. The van der Waals surface area contributed by atoms with Gasteiger partial charge in [-0.15, -0.1) is 0 Å². The van der Waals surface area contributed by atoms with Crippen LogP contribution in [0.15, 0.2) is 30.3 Å².